The largest absolute Gasteiger partial charge is 0.484 e. The summed E-state index contributed by atoms with van der Waals surface area (Å²) < 4.78 is 5.60. The average molecular weight is 397 g/mol. The third kappa shape index (κ3) is 4.17. The van der Waals surface area contributed by atoms with E-state index in [-0.39, 0.29) is 12.5 Å². The van der Waals surface area contributed by atoms with Crippen LogP contribution in [0.2, 0.25) is 5.02 Å². The number of amides is 1. The van der Waals surface area contributed by atoms with Gasteiger partial charge >= 0.3 is 0 Å². The molecule has 1 aliphatic rings. The number of carbonyl (C=O) groups excluding carboxylic acids is 1. The lowest BCUT2D eigenvalue weighted by Crippen LogP contribution is -2.41. The van der Waals surface area contributed by atoms with Crippen molar-refractivity contribution in [1.82, 2.24) is 9.88 Å². The van der Waals surface area contributed by atoms with Gasteiger partial charge in [-0.05, 0) is 68.0 Å². The molecular weight excluding hydrogens is 372 g/mol. The lowest BCUT2D eigenvalue weighted by atomic mass is 9.89. The summed E-state index contributed by atoms with van der Waals surface area (Å²) in [5.41, 5.74) is 3.89. The smallest absolute Gasteiger partial charge is 0.260 e. The third-order valence-electron chi connectivity index (χ3n) is 5.66. The number of likely N-dealkylation sites (tertiary alicyclic amines) is 1. The minimum atomic E-state index is 0.0525. The minimum absolute atomic E-state index is 0.0525. The first-order valence-electron chi connectivity index (χ1n) is 9.82. The van der Waals surface area contributed by atoms with Crippen molar-refractivity contribution in [2.24, 2.45) is 5.92 Å². The maximum atomic E-state index is 12.5. The summed E-state index contributed by atoms with van der Waals surface area (Å²) in [5.74, 6) is 1.33. The zero-order chi connectivity index (χ0) is 19.5. The van der Waals surface area contributed by atoms with Crippen LogP contribution in [-0.4, -0.2) is 35.5 Å². The Balaban J connectivity index is 1.30. The van der Waals surface area contributed by atoms with Gasteiger partial charge in [-0.15, -0.1) is 0 Å². The lowest BCUT2D eigenvalue weighted by Gasteiger charge is -2.32. The number of aryl methyl sites for hydroxylation is 1. The highest BCUT2D eigenvalue weighted by Crippen LogP contribution is 2.28. The Hall–Kier alpha value is -2.46. The van der Waals surface area contributed by atoms with Crippen molar-refractivity contribution in [1.29, 1.82) is 0 Å². The van der Waals surface area contributed by atoms with Gasteiger partial charge in [0, 0.05) is 34.7 Å². The number of ether oxygens (including phenoxy) is 1. The van der Waals surface area contributed by atoms with Gasteiger partial charge in [0.2, 0.25) is 0 Å². The first-order chi connectivity index (χ1) is 13.6. The monoisotopic (exact) mass is 396 g/mol. The number of nitrogens with zero attached hydrogens (tertiary/aromatic N) is 1. The predicted octanol–water partition coefficient (Wildman–Crippen LogP) is 4.99. The molecule has 2 heterocycles. The molecule has 4 nitrogen and oxygen atoms in total. The van der Waals surface area contributed by atoms with E-state index >= 15 is 0 Å². The minimum Gasteiger partial charge on any atom is -0.484 e. The Kier molecular flexibility index (Phi) is 5.58. The van der Waals surface area contributed by atoms with E-state index in [0.717, 1.165) is 32.4 Å². The maximum Gasteiger partial charge on any atom is 0.260 e. The number of rotatable bonds is 5. The molecule has 0 bridgehead atoms. The summed E-state index contributed by atoms with van der Waals surface area (Å²) in [5, 5.41) is 1.99. The van der Waals surface area contributed by atoms with Crippen molar-refractivity contribution < 1.29 is 9.53 Å². The van der Waals surface area contributed by atoms with Crippen LogP contribution in [0.15, 0.2) is 48.5 Å². The number of aromatic nitrogens is 1. The number of halogens is 1. The Bertz CT molecular complexity index is 956. The second kappa shape index (κ2) is 8.27. The Labute approximate surface area is 170 Å². The molecule has 1 fully saturated rings. The maximum absolute atomic E-state index is 12.5. The highest BCUT2D eigenvalue weighted by molar-refractivity contribution is 6.30. The predicted molar refractivity (Wildman–Crippen MR) is 113 cm³/mol. The summed E-state index contributed by atoms with van der Waals surface area (Å²) in [7, 11) is 0. The van der Waals surface area contributed by atoms with Gasteiger partial charge in [0.15, 0.2) is 6.61 Å². The van der Waals surface area contributed by atoms with Crippen molar-refractivity contribution in [2.45, 2.75) is 26.2 Å². The van der Waals surface area contributed by atoms with Crippen LogP contribution in [0.1, 0.15) is 24.1 Å². The van der Waals surface area contributed by atoms with Crippen LogP contribution in [0.5, 0.6) is 5.75 Å². The van der Waals surface area contributed by atoms with Crippen molar-refractivity contribution in [3.8, 4) is 5.75 Å². The van der Waals surface area contributed by atoms with E-state index in [1.54, 1.807) is 24.3 Å². The fourth-order valence-corrected chi connectivity index (χ4v) is 4.17. The van der Waals surface area contributed by atoms with Gasteiger partial charge in [-0.2, -0.15) is 0 Å². The molecule has 5 heteroatoms. The standard InChI is InChI=1S/C23H25ClN2O2/c1-16-21(20-4-2-3-5-22(20)25-16)14-17-10-12-26(13-11-17)23(27)15-28-19-8-6-18(24)7-9-19/h2-9,17,25H,10-15H2,1H3. The van der Waals surface area contributed by atoms with Gasteiger partial charge in [-0.3, -0.25) is 4.79 Å². The number of benzene rings is 2. The van der Waals surface area contributed by atoms with Crippen molar-refractivity contribution in [3.05, 3.63) is 64.8 Å². The highest BCUT2D eigenvalue weighted by atomic mass is 35.5. The molecule has 0 aliphatic carbocycles. The fraction of sp³-hybridized carbons (Fsp3) is 0.348. The summed E-state index contributed by atoms with van der Waals surface area (Å²) in [6, 6.07) is 15.6. The number of piperidine rings is 1. The van der Waals surface area contributed by atoms with Gasteiger partial charge in [0.25, 0.3) is 5.91 Å². The number of fused-ring (bicyclic) bond motifs is 1. The highest BCUT2D eigenvalue weighted by Gasteiger charge is 2.24. The molecule has 1 saturated heterocycles. The molecule has 0 atom stereocenters. The van der Waals surface area contributed by atoms with E-state index < -0.39 is 0 Å². The van der Waals surface area contributed by atoms with E-state index in [1.165, 1.54) is 22.2 Å². The molecule has 28 heavy (non-hydrogen) atoms. The number of H-pyrrole nitrogens is 1. The van der Waals surface area contributed by atoms with Crippen LogP contribution in [0, 0.1) is 12.8 Å². The molecule has 0 spiro atoms. The SMILES string of the molecule is Cc1[nH]c2ccccc2c1CC1CCN(C(=O)COc2ccc(Cl)cc2)CC1. The molecule has 2 aromatic carbocycles. The molecule has 0 saturated carbocycles. The van der Waals surface area contributed by atoms with Gasteiger partial charge in [0.05, 0.1) is 0 Å². The zero-order valence-corrected chi connectivity index (χ0v) is 16.8. The van der Waals surface area contributed by atoms with Crippen LogP contribution in [0.3, 0.4) is 0 Å². The van der Waals surface area contributed by atoms with Crippen LogP contribution in [-0.2, 0) is 11.2 Å². The third-order valence-corrected chi connectivity index (χ3v) is 5.91. The van der Waals surface area contributed by atoms with Gasteiger partial charge in [-0.1, -0.05) is 29.8 Å². The molecule has 3 aromatic rings. The lowest BCUT2D eigenvalue weighted by molar-refractivity contribution is -0.134. The zero-order valence-electron chi connectivity index (χ0n) is 16.1. The van der Waals surface area contributed by atoms with E-state index in [1.807, 2.05) is 4.90 Å². The van der Waals surface area contributed by atoms with E-state index in [4.69, 9.17) is 16.3 Å². The van der Waals surface area contributed by atoms with Gasteiger partial charge < -0.3 is 14.6 Å². The van der Waals surface area contributed by atoms with Crippen molar-refractivity contribution in [2.75, 3.05) is 19.7 Å². The Morgan fingerprint density at radius 2 is 1.86 bits per heavy atom. The van der Waals surface area contributed by atoms with Crippen LogP contribution in [0.4, 0.5) is 0 Å². The number of aromatic amines is 1. The van der Waals surface area contributed by atoms with Crippen molar-refractivity contribution >= 4 is 28.4 Å². The molecule has 4 rings (SSSR count). The number of hydrogen-bond acceptors (Lipinski definition) is 2. The second-order valence-electron chi connectivity index (χ2n) is 7.55. The van der Waals surface area contributed by atoms with Crippen molar-refractivity contribution in [3.63, 3.8) is 0 Å². The summed E-state index contributed by atoms with van der Waals surface area (Å²) in [6.07, 6.45) is 3.14. The molecule has 1 aliphatic heterocycles. The summed E-state index contributed by atoms with van der Waals surface area (Å²) in [6.45, 7) is 3.83. The average Bonchev–Trinajstić information content (AvgIpc) is 3.03. The molecule has 0 unspecified atom stereocenters. The Morgan fingerprint density at radius 3 is 2.61 bits per heavy atom. The van der Waals surface area contributed by atoms with Crippen LogP contribution in [0.25, 0.3) is 10.9 Å². The fourth-order valence-electron chi connectivity index (χ4n) is 4.04. The molecule has 1 aromatic heterocycles. The summed E-state index contributed by atoms with van der Waals surface area (Å²) in [4.78, 5) is 17.9. The quantitative estimate of drug-likeness (QED) is 0.660. The van der Waals surface area contributed by atoms with E-state index in [9.17, 15) is 4.79 Å². The molecule has 1 N–H and O–H groups in total. The second-order valence-corrected chi connectivity index (χ2v) is 7.98. The van der Waals surface area contributed by atoms with E-state index in [0.29, 0.717) is 16.7 Å². The number of hydrogen-bond donors (Lipinski definition) is 1. The first kappa shape index (κ1) is 18.9. The normalized spacial score (nSPS) is 15.1. The first-order valence-corrected chi connectivity index (χ1v) is 10.2. The van der Waals surface area contributed by atoms with Gasteiger partial charge in [0.1, 0.15) is 5.75 Å². The number of nitrogens with one attached hydrogen (secondary N) is 1. The Morgan fingerprint density at radius 1 is 1.14 bits per heavy atom. The van der Waals surface area contributed by atoms with Gasteiger partial charge in [-0.25, -0.2) is 0 Å². The van der Waals surface area contributed by atoms with E-state index in [2.05, 4.69) is 36.2 Å². The molecule has 0 radical (unpaired) electrons. The topological polar surface area (TPSA) is 45.3 Å². The molecule has 1 amide bonds. The van der Waals surface area contributed by atoms with Crippen LogP contribution >= 0.6 is 11.6 Å². The molecular formula is C23H25ClN2O2. The molecule has 146 valence electrons. The number of para-hydroxylation sites is 1. The summed E-state index contributed by atoms with van der Waals surface area (Å²) >= 11 is 5.87. The van der Waals surface area contributed by atoms with Crippen LogP contribution < -0.4 is 4.74 Å². The number of carbonyl (C=O) groups is 1.